The van der Waals surface area contributed by atoms with Gasteiger partial charge < -0.3 is 10.1 Å². The molecule has 2 aliphatic carbocycles. The average molecular weight is 365 g/mol. The number of ether oxygens (including phenoxy) is 1. The van der Waals surface area contributed by atoms with Crippen molar-refractivity contribution in [1.29, 1.82) is 0 Å². The van der Waals surface area contributed by atoms with Crippen LogP contribution in [0.2, 0.25) is 0 Å². The number of anilines is 2. The third-order valence-electron chi connectivity index (χ3n) is 5.68. The summed E-state index contributed by atoms with van der Waals surface area (Å²) in [6.45, 7) is 2.13. The number of nitrogens with zero attached hydrogens (tertiary/aromatic N) is 2. The van der Waals surface area contributed by atoms with Gasteiger partial charge in [-0.1, -0.05) is 12.8 Å². The zero-order valence-corrected chi connectivity index (χ0v) is 16.0. The summed E-state index contributed by atoms with van der Waals surface area (Å²) in [6, 6.07) is 4.57. The molecule has 1 N–H and O–H groups in total. The summed E-state index contributed by atoms with van der Waals surface area (Å²) in [6.07, 6.45) is 13.3. The van der Waals surface area contributed by atoms with Gasteiger partial charge in [-0.2, -0.15) is 0 Å². The fourth-order valence-corrected chi connectivity index (χ4v) is 4.48. The molecule has 0 unspecified atom stereocenters. The van der Waals surface area contributed by atoms with Gasteiger partial charge >= 0.3 is 5.97 Å². The molecule has 0 saturated heterocycles. The Kier molecular flexibility index (Phi) is 5.37. The van der Waals surface area contributed by atoms with Gasteiger partial charge in [0.05, 0.1) is 12.2 Å². The minimum atomic E-state index is -0.388. The Morgan fingerprint density at radius 2 is 1.70 bits per heavy atom. The summed E-state index contributed by atoms with van der Waals surface area (Å²) in [4.78, 5) is 20.3. The molecule has 1 aromatic carbocycles. The first kappa shape index (κ1) is 18.0. The SMILES string of the molecule is CCOC(=O)c1cnc(Nc2cc3c4c(c2)CCCCC4CCCC3)nc1. The second-order valence-corrected chi connectivity index (χ2v) is 7.54. The number of rotatable bonds is 4. The molecular formula is C22H27N3O2. The molecule has 0 spiro atoms. The van der Waals surface area contributed by atoms with Crippen molar-refractivity contribution in [2.24, 2.45) is 0 Å². The number of nitrogens with one attached hydrogen (secondary N) is 1. The lowest BCUT2D eigenvalue weighted by Crippen LogP contribution is -2.08. The molecule has 142 valence electrons. The van der Waals surface area contributed by atoms with Gasteiger partial charge in [-0.05, 0) is 80.2 Å². The molecule has 0 saturated carbocycles. The molecular weight excluding hydrogens is 338 g/mol. The van der Waals surface area contributed by atoms with Gasteiger partial charge in [0.15, 0.2) is 0 Å². The highest BCUT2D eigenvalue weighted by Gasteiger charge is 2.24. The largest absolute Gasteiger partial charge is 0.462 e. The number of aromatic nitrogens is 2. The lowest BCUT2D eigenvalue weighted by atomic mass is 9.87. The van der Waals surface area contributed by atoms with E-state index in [1.54, 1.807) is 12.5 Å². The van der Waals surface area contributed by atoms with Crippen molar-refractivity contribution in [3.63, 3.8) is 0 Å². The summed E-state index contributed by atoms with van der Waals surface area (Å²) in [7, 11) is 0. The third kappa shape index (κ3) is 3.97. The molecule has 5 nitrogen and oxygen atoms in total. The molecule has 0 bridgehead atoms. The third-order valence-corrected chi connectivity index (χ3v) is 5.68. The minimum absolute atomic E-state index is 0.345. The minimum Gasteiger partial charge on any atom is -0.462 e. The number of hydrogen-bond acceptors (Lipinski definition) is 5. The predicted octanol–water partition coefficient (Wildman–Crippen LogP) is 4.93. The van der Waals surface area contributed by atoms with Gasteiger partial charge in [0.1, 0.15) is 0 Å². The number of hydrogen-bond donors (Lipinski definition) is 1. The standard InChI is InChI=1S/C22H27N3O2/c1-2-27-21(26)18-13-23-22(24-14-18)25-19-11-16-9-5-3-7-15-8-4-6-10-17(12-19)20(15)16/h11-15H,2-10H2,1H3,(H,23,24,25). The van der Waals surface area contributed by atoms with Gasteiger partial charge in [-0.25, -0.2) is 14.8 Å². The van der Waals surface area contributed by atoms with Crippen LogP contribution in [0.25, 0.3) is 0 Å². The maximum absolute atomic E-state index is 11.7. The molecule has 27 heavy (non-hydrogen) atoms. The molecule has 0 radical (unpaired) electrons. The van der Waals surface area contributed by atoms with E-state index in [2.05, 4.69) is 27.4 Å². The molecule has 0 atom stereocenters. The number of carbonyl (C=O) groups excluding carboxylic acids is 1. The first-order chi connectivity index (χ1) is 13.2. The van der Waals surface area contributed by atoms with Crippen molar-refractivity contribution in [2.75, 3.05) is 11.9 Å². The molecule has 2 aromatic rings. The van der Waals surface area contributed by atoms with E-state index < -0.39 is 0 Å². The van der Waals surface area contributed by atoms with Crippen LogP contribution in [0, 0.1) is 0 Å². The Balaban J connectivity index is 1.59. The average Bonchev–Trinajstić information content (AvgIpc) is 3.00. The van der Waals surface area contributed by atoms with Crippen LogP contribution in [0.3, 0.4) is 0 Å². The fourth-order valence-electron chi connectivity index (χ4n) is 4.48. The van der Waals surface area contributed by atoms with Crippen molar-refractivity contribution in [1.82, 2.24) is 9.97 Å². The second kappa shape index (κ2) is 8.07. The molecule has 0 amide bonds. The summed E-state index contributed by atoms with van der Waals surface area (Å²) >= 11 is 0. The smallest absolute Gasteiger partial charge is 0.341 e. The Bertz CT molecular complexity index is 784. The van der Waals surface area contributed by atoms with Gasteiger partial charge in [0.2, 0.25) is 5.95 Å². The zero-order valence-electron chi connectivity index (χ0n) is 16.0. The van der Waals surface area contributed by atoms with Crippen molar-refractivity contribution in [2.45, 2.75) is 64.2 Å². The predicted molar refractivity (Wildman–Crippen MR) is 106 cm³/mol. The zero-order chi connectivity index (χ0) is 18.6. The Morgan fingerprint density at radius 3 is 2.30 bits per heavy atom. The highest BCUT2D eigenvalue weighted by atomic mass is 16.5. The van der Waals surface area contributed by atoms with E-state index in [1.165, 1.54) is 62.0 Å². The number of benzene rings is 1. The molecule has 0 aliphatic heterocycles. The number of carbonyl (C=O) groups is 1. The van der Waals surface area contributed by atoms with E-state index in [4.69, 9.17) is 4.74 Å². The van der Waals surface area contributed by atoms with Crippen molar-refractivity contribution in [3.8, 4) is 0 Å². The van der Waals surface area contributed by atoms with Crippen molar-refractivity contribution < 1.29 is 9.53 Å². The van der Waals surface area contributed by atoms with E-state index >= 15 is 0 Å². The van der Waals surface area contributed by atoms with Crippen LogP contribution in [0.1, 0.15) is 78.4 Å². The van der Waals surface area contributed by atoms with E-state index in [0.717, 1.165) is 24.4 Å². The topological polar surface area (TPSA) is 64.1 Å². The van der Waals surface area contributed by atoms with E-state index in [1.807, 2.05) is 0 Å². The highest BCUT2D eigenvalue weighted by molar-refractivity contribution is 5.88. The molecule has 2 aliphatic rings. The van der Waals surface area contributed by atoms with E-state index in [0.29, 0.717) is 18.1 Å². The van der Waals surface area contributed by atoms with E-state index in [-0.39, 0.29) is 5.97 Å². The van der Waals surface area contributed by atoms with Gasteiger partial charge in [0.25, 0.3) is 0 Å². The first-order valence-electron chi connectivity index (χ1n) is 10.2. The Labute approximate surface area is 160 Å². The molecule has 1 aromatic heterocycles. The van der Waals surface area contributed by atoms with Crippen LogP contribution < -0.4 is 5.32 Å². The molecule has 5 heteroatoms. The van der Waals surface area contributed by atoms with E-state index in [9.17, 15) is 4.79 Å². The normalized spacial score (nSPS) is 16.8. The highest BCUT2D eigenvalue weighted by Crippen LogP contribution is 2.40. The monoisotopic (exact) mass is 365 g/mol. The van der Waals surface area contributed by atoms with Crippen molar-refractivity contribution >= 4 is 17.6 Å². The number of aryl methyl sites for hydroxylation is 2. The van der Waals surface area contributed by atoms with Gasteiger partial charge in [-0.15, -0.1) is 0 Å². The van der Waals surface area contributed by atoms with Gasteiger partial charge in [0, 0.05) is 18.1 Å². The first-order valence-corrected chi connectivity index (χ1v) is 10.2. The van der Waals surface area contributed by atoms with Gasteiger partial charge in [-0.3, -0.25) is 0 Å². The van der Waals surface area contributed by atoms with Crippen molar-refractivity contribution in [3.05, 3.63) is 46.8 Å². The van der Waals surface area contributed by atoms with Crippen LogP contribution in [0.15, 0.2) is 24.5 Å². The maximum Gasteiger partial charge on any atom is 0.341 e. The number of esters is 1. The summed E-state index contributed by atoms with van der Waals surface area (Å²) in [5.74, 6) is 0.865. The Hall–Kier alpha value is -2.43. The van der Waals surface area contributed by atoms with Crippen LogP contribution in [-0.2, 0) is 17.6 Å². The summed E-state index contributed by atoms with van der Waals surface area (Å²) in [5.41, 5.74) is 6.06. The summed E-state index contributed by atoms with van der Waals surface area (Å²) < 4.78 is 4.98. The summed E-state index contributed by atoms with van der Waals surface area (Å²) in [5, 5.41) is 3.33. The quantitative estimate of drug-likeness (QED) is 0.778. The Morgan fingerprint density at radius 1 is 1.07 bits per heavy atom. The maximum atomic E-state index is 11.7. The molecule has 1 heterocycles. The second-order valence-electron chi connectivity index (χ2n) is 7.54. The van der Waals surface area contributed by atoms with Crippen LogP contribution in [-0.4, -0.2) is 22.5 Å². The fraction of sp³-hybridized carbons (Fsp3) is 0.500. The van der Waals surface area contributed by atoms with Crippen LogP contribution in [0.5, 0.6) is 0 Å². The molecule has 4 rings (SSSR count). The van der Waals surface area contributed by atoms with Crippen LogP contribution >= 0.6 is 0 Å². The lowest BCUT2D eigenvalue weighted by Gasteiger charge is -2.20. The molecule has 0 fully saturated rings. The van der Waals surface area contributed by atoms with Crippen LogP contribution in [0.4, 0.5) is 11.6 Å². The lowest BCUT2D eigenvalue weighted by molar-refractivity contribution is 0.0525.